The summed E-state index contributed by atoms with van der Waals surface area (Å²) in [7, 11) is 0. The zero-order valence-corrected chi connectivity index (χ0v) is 11.6. The summed E-state index contributed by atoms with van der Waals surface area (Å²) in [6.07, 6.45) is 6.91. The van der Waals surface area contributed by atoms with Crippen molar-refractivity contribution in [3.8, 4) is 0 Å². The van der Waals surface area contributed by atoms with Crippen molar-refractivity contribution in [3.63, 3.8) is 0 Å². The van der Waals surface area contributed by atoms with Gasteiger partial charge < -0.3 is 11.1 Å². The third-order valence-corrected chi connectivity index (χ3v) is 5.19. The van der Waals surface area contributed by atoms with Gasteiger partial charge in [0.15, 0.2) is 0 Å². The summed E-state index contributed by atoms with van der Waals surface area (Å²) in [5.41, 5.74) is 6.72. The highest BCUT2D eigenvalue weighted by atomic mass is 32.1. The Hall–Kier alpha value is -0.380. The van der Waals surface area contributed by atoms with Crippen LogP contribution >= 0.6 is 11.3 Å². The molecule has 0 saturated heterocycles. The molecule has 2 nitrogen and oxygen atoms in total. The van der Waals surface area contributed by atoms with Crippen molar-refractivity contribution < 1.29 is 0 Å². The molecule has 1 atom stereocenters. The van der Waals surface area contributed by atoms with Gasteiger partial charge in [-0.05, 0) is 36.1 Å². The Morgan fingerprint density at radius 2 is 2.24 bits per heavy atom. The Bertz CT molecular complexity index is 315. The molecule has 1 fully saturated rings. The van der Waals surface area contributed by atoms with Crippen LogP contribution in [-0.4, -0.2) is 13.1 Å². The normalized spacial score (nSPS) is 20.6. The van der Waals surface area contributed by atoms with Crippen molar-refractivity contribution in [2.45, 2.75) is 45.1 Å². The molecule has 1 unspecified atom stereocenters. The molecular formula is C14H24N2S. The number of nitrogens with one attached hydrogen (secondary N) is 1. The molecule has 1 aliphatic carbocycles. The van der Waals surface area contributed by atoms with E-state index >= 15 is 0 Å². The highest BCUT2D eigenvalue weighted by Crippen LogP contribution is 2.40. The van der Waals surface area contributed by atoms with Crippen LogP contribution in [0.15, 0.2) is 17.5 Å². The van der Waals surface area contributed by atoms with Gasteiger partial charge >= 0.3 is 0 Å². The first-order chi connectivity index (χ1) is 8.26. The summed E-state index contributed by atoms with van der Waals surface area (Å²) < 4.78 is 0. The molecule has 0 aromatic carbocycles. The van der Waals surface area contributed by atoms with Crippen molar-refractivity contribution in [2.24, 2.45) is 11.1 Å². The van der Waals surface area contributed by atoms with Gasteiger partial charge in [-0.25, -0.2) is 0 Å². The second-order valence-electron chi connectivity index (χ2n) is 5.31. The Morgan fingerprint density at radius 3 is 2.82 bits per heavy atom. The first-order valence-corrected chi connectivity index (χ1v) is 7.63. The lowest BCUT2D eigenvalue weighted by molar-refractivity contribution is 0.267. The summed E-state index contributed by atoms with van der Waals surface area (Å²) >= 11 is 1.75. The number of hydrogen-bond donors (Lipinski definition) is 2. The summed E-state index contributed by atoms with van der Waals surface area (Å²) in [4.78, 5) is 1.29. The minimum absolute atomic E-state index is 0.158. The summed E-state index contributed by atoms with van der Waals surface area (Å²) in [5.74, 6) is 0. The van der Waals surface area contributed by atoms with Gasteiger partial charge in [-0.1, -0.05) is 25.8 Å². The SMILES string of the molecule is CCC1(CNCC(N)c2cccs2)CCCC1. The van der Waals surface area contributed by atoms with Crippen molar-refractivity contribution >= 4 is 11.3 Å². The maximum absolute atomic E-state index is 6.16. The zero-order valence-electron chi connectivity index (χ0n) is 10.7. The lowest BCUT2D eigenvalue weighted by Gasteiger charge is -2.28. The van der Waals surface area contributed by atoms with Crippen LogP contribution in [0.25, 0.3) is 0 Å². The lowest BCUT2D eigenvalue weighted by atomic mass is 9.83. The smallest absolute Gasteiger partial charge is 0.0516 e. The predicted octanol–water partition coefficient (Wildman–Crippen LogP) is 3.31. The molecule has 0 radical (unpaired) electrons. The highest BCUT2D eigenvalue weighted by molar-refractivity contribution is 7.10. The number of rotatable bonds is 6. The average Bonchev–Trinajstić information content (AvgIpc) is 3.01. The average molecular weight is 252 g/mol. The molecule has 2 rings (SSSR count). The minimum atomic E-state index is 0.158. The van der Waals surface area contributed by atoms with Crippen molar-refractivity contribution in [2.75, 3.05) is 13.1 Å². The highest BCUT2D eigenvalue weighted by Gasteiger charge is 2.31. The second kappa shape index (κ2) is 5.98. The fourth-order valence-electron chi connectivity index (χ4n) is 2.88. The first kappa shape index (κ1) is 13.1. The van der Waals surface area contributed by atoms with Gasteiger partial charge in [0, 0.05) is 18.0 Å². The standard InChI is InChI=1S/C14H24N2S/c1-2-14(7-3-4-8-14)11-16-10-12(15)13-6-5-9-17-13/h5-6,9,12,16H,2-4,7-8,10-11,15H2,1H3. The molecule has 1 saturated carbocycles. The van der Waals surface area contributed by atoms with Gasteiger partial charge in [0.05, 0.1) is 6.04 Å². The Kier molecular flexibility index (Phi) is 4.60. The summed E-state index contributed by atoms with van der Waals surface area (Å²) in [6, 6.07) is 4.36. The van der Waals surface area contributed by atoms with Crippen LogP contribution < -0.4 is 11.1 Å². The van der Waals surface area contributed by atoms with Crippen molar-refractivity contribution in [1.29, 1.82) is 0 Å². The van der Waals surface area contributed by atoms with E-state index in [1.165, 1.54) is 37.0 Å². The Balaban J connectivity index is 1.75. The zero-order chi connectivity index (χ0) is 12.1. The first-order valence-electron chi connectivity index (χ1n) is 6.75. The molecule has 3 N–H and O–H groups in total. The quantitative estimate of drug-likeness (QED) is 0.815. The molecular weight excluding hydrogens is 228 g/mol. The maximum atomic E-state index is 6.16. The van der Waals surface area contributed by atoms with Crippen molar-refractivity contribution in [1.82, 2.24) is 5.32 Å². The topological polar surface area (TPSA) is 38.0 Å². The molecule has 0 spiro atoms. The molecule has 3 heteroatoms. The molecule has 96 valence electrons. The van der Waals surface area contributed by atoms with E-state index in [-0.39, 0.29) is 6.04 Å². The van der Waals surface area contributed by atoms with Crippen LogP contribution in [0.3, 0.4) is 0 Å². The number of nitrogens with two attached hydrogens (primary N) is 1. The molecule has 1 aromatic heterocycles. The fourth-order valence-corrected chi connectivity index (χ4v) is 3.61. The van der Waals surface area contributed by atoms with E-state index in [1.807, 2.05) is 0 Å². The van der Waals surface area contributed by atoms with Crippen LogP contribution in [0.5, 0.6) is 0 Å². The van der Waals surface area contributed by atoms with E-state index < -0.39 is 0 Å². The molecule has 1 aromatic rings. The maximum Gasteiger partial charge on any atom is 0.0516 e. The van der Waals surface area contributed by atoms with Crippen LogP contribution in [0.4, 0.5) is 0 Å². The Morgan fingerprint density at radius 1 is 1.47 bits per heavy atom. The third kappa shape index (κ3) is 3.30. The van der Waals surface area contributed by atoms with Crippen LogP contribution in [0.1, 0.15) is 49.9 Å². The van der Waals surface area contributed by atoms with Gasteiger partial charge in [-0.3, -0.25) is 0 Å². The Labute approximate surface area is 109 Å². The number of hydrogen-bond acceptors (Lipinski definition) is 3. The van der Waals surface area contributed by atoms with Gasteiger partial charge in [0.25, 0.3) is 0 Å². The summed E-state index contributed by atoms with van der Waals surface area (Å²) in [5, 5.41) is 5.69. The van der Waals surface area contributed by atoms with E-state index in [9.17, 15) is 0 Å². The van der Waals surface area contributed by atoms with Gasteiger partial charge in [0.2, 0.25) is 0 Å². The fraction of sp³-hybridized carbons (Fsp3) is 0.714. The molecule has 1 aliphatic rings. The monoisotopic (exact) mass is 252 g/mol. The van der Waals surface area contributed by atoms with E-state index in [2.05, 4.69) is 29.8 Å². The largest absolute Gasteiger partial charge is 0.322 e. The van der Waals surface area contributed by atoms with Crippen molar-refractivity contribution in [3.05, 3.63) is 22.4 Å². The molecule has 0 bridgehead atoms. The van der Waals surface area contributed by atoms with Crippen LogP contribution in [0.2, 0.25) is 0 Å². The molecule has 1 heterocycles. The van der Waals surface area contributed by atoms with E-state index in [1.54, 1.807) is 11.3 Å². The van der Waals surface area contributed by atoms with Crippen LogP contribution in [0, 0.1) is 5.41 Å². The minimum Gasteiger partial charge on any atom is -0.322 e. The third-order valence-electron chi connectivity index (χ3n) is 4.19. The van der Waals surface area contributed by atoms with Gasteiger partial charge in [0.1, 0.15) is 0 Å². The summed E-state index contributed by atoms with van der Waals surface area (Å²) in [6.45, 7) is 4.37. The predicted molar refractivity (Wildman–Crippen MR) is 75.3 cm³/mol. The van der Waals surface area contributed by atoms with Gasteiger partial charge in [-0.2, -0.15) is 0 Å². The van der Waals surface area contributed by atoms with E-state index in [0.29, 0.717) is 5.41 Å². The molecule has 17 heavy (non-hydrogen) atoms. The molecule has 0 aliphatic heterocycles. The number of thiophene rings is 1. The van der Waals surface area contributed by atoms with Crippen LogP contribution in [-0.2, 0) is 0 Å². The van der Waals surface area contributed by atoms with E-state index in [4.69, 9.17) is 5.73 Å². The van der Waals surface area contributed by atoms with E-state index in [0.717, 1.165) is 13.1 Å². The second-order valence-corrected chi connectivity index (χ2v) is 6.29. The van der Waals surface area contributed by atoms with Gasteiger partial charge in [-0.15, -0.1) is 11.3 Å². The lowest BCUT2D eigenvalue weighted by Crippen LogP contribution is -2.35. The molecule has 0 amide bonds.